The fraction of sp³-hybridized carbons (Fsp3) is 0.250. The average molecular weight is 139 g/mol. The van der Waals surface area contributed by atoms with Crippen LogP contribution in [0.25, 0.3) is 0 Å². The highest BCUT2D eigenvalue weighted by atomic mass is 19.1. The van der Waals surface area contributed by atoms with Crippen molar-refractivity contribution in [3.63, 3.8) is 0 Å². The molecule has 10 heavy (non-hydrogen) atoms. The summed E-state index contributed by atoms with van der Waals surface area (Å²) in [5.74, 6) is 0.263. The van der Waals surface area contributed by atoms with Gasteiger partial charge in [-0.05, 0) is 25.1 Å². The van der Waals surface area contributed by atoms with Gasteiger partial charge in [0, 0.05) is 5.56 Å². The van der Waals surface area contributed by atoms with E-state index < -0.39 is 0 Å². The summed E-state index contributed by atoms with van der Waals surface area (Å²) in [6.07, 6.45) is 0. The molecule has 1 aromatic carbocycles. The molecule has 1 aromatic rings. The molecule has 0 fully saturated rings. The average Bonchev–Trinajstić information content (AvgIpc) is 1.95. The van der Waals surface area contributed by atoms with Gasteiger partial charge in [0.15, 0.2) is 0 Å². The van der Waals surface area contributed by atoms with Gasteiger partial charge in [0.2, 0.25) is 0 Å². The zero-order valence-corrected chi connectivity index (χ0v) is 5.94. The van der Waals surface area contributed by atoms with E-state index in [1.165, 1.54) is 13.2 Å². The van der Waals surface area contributed by atoms with Crippen LogP contribution in [0.1, 0.15) is 5.56 Å². The predicted octanol–water partition coefficient (Wildman–Crippen LogP) is 1.94. The van der Waals surface area contributed by atoms with Gasteiger partial charge in [-0.1, -0.05) is 0 Å². The monoisotopic (exact) mass is 139 g/mol. The highest BCUT2D eigenvalue weighted by Gasteiger charge is 2.01. The summed E-state index contributed by atoms with van der Waals surface area (Å²) >= 11 is 0. The summed E-state index contributed by atoms with van der Waals surface area (Å²) in [7, 11) is 1.51. The molecule has 0 aliphatic heterocycles. The minimum absolute atomic E-state index is 0.278. The van der Waals surface area contributed by atoms with E-state index in [0.29, 0.717) is 11.3 Å². The lowest BCUT2D eigenvalue weighted by atomic mass is 10.2. The molecule has 0 heterocycles. The molecule has 0 amide bonds. The van der Waals surface area contributed by atoms with Crippen LogP contribution in [0.15, 0.2) is 12.1 Å². The first-order valence-electron chi connectivity index (χ1n) is 2.96. The molecular formula is C8H8FO. The van der Waals surface area contributed by atoms with Crippen LogP contribution >= 0.6 is 0 Å². The molecule has 53 valence electrons. The molecule has 0 aromatic heterocycles. The molecular weight excluding hydrogens is 131 g/mol. The largest absolute Gasteiger partial charge is 0.496 e. The lowest BCUT2D eigenvalue weighted by Crippen LogP contribution is -1.89. The summed E-state index contributed by atoms with van der Waals surface area (Å²) < 4.78 is 17.5. The Bertz CT molecular complexity index is 233. The first-order valence-corrected chi connectivity index (χ1v) is 2.96. The molecule has 0 N–H and O–H groups in total. The van der Waals surface area contributed by atoms with Crippen molar-refractivity contribution in [2.45, 2.75) is 6.92 Å². The normalized spacial score (nSPS) is 9.50. The SMILES string of the molecule is COc1c[c]cc(F)c1C. The second-order valence-corrected chi connectivity index (χ2v) is 2.00. The maximum atomic E-state index is 12.7. The van der Waals surface area contributed by atoms with E-state index in [1.807, 2.05) is 0 Å². The van der Waals surface area contributed by atoms with Gasteiger partial charge in [0.1, 0.15) is 11.6 Å². The van der Waals surface area contributed by atoms with Crippen LogP contribution in [0, 0.1) is 18.8 Å². The van der Waals surface area contributed by atoms with Crippen LogP contribution in [0.4, 0.5) is 4.39 Å². The van der Waals surface area contributed by atoms with Crippen molar-refractivity contribution >= 4 is 0 Å². The van der Waals surface area contributed by atoms with E-state index in [9.17, 15) is 4.39 Å². The highest BCUT2D eigenvalue weighted by molar-refractivity contribution is 5.32. The van der Waals surface area contributed by atoms with Crippen molar-refractivity contribution in [3.8, 4) is 5.75 Å². The second-order valence-electron chi connectivity index (χ2n) is 2.00. The fourth-order valence-electron chi connectivity index (χ4n) is 0.737. The molecule has 0 unspecified atom stereocenters. The number of methoxy groups -OCH3 is 1. The van der Waals surface area contributed by atoms with Crippen molar-refractivity contribution in [3.05, 3.63) is 29.6 Å². The van der Waals surface area contributed by atoms with E-state index in [1.54, 1.807) is 13.0 Å². The quantitative estimate of drug-likeness (QED) is 0.577. The maximum absolute atomic E-state index is 12.7. The van der Waals surface area contributed by atoms with E-state index >= 15 is 0 Å². The number of rotatable bonds is 1. The molecule has 0 atom stereocenters. The number of hydrogen-bond acceptors (Lipinski definition) is 1. The lowest BCUT2D eigenvalue weighted by Gasteiger charge is -2.02. The summed E-state index contributed by atoms with van der Waals surface area (Å²) in [4.78, 5) is 0. The Labute approximate surface area is 59.4 Å². The Balaban J connectivity index is 3.14. The van der Waals surface area contributed by atoms with Crippen molar-refractivity contribution in [2.24, 2.45) is 0 Å². The summed E-state index contributed by atoms with van der Waals surface area (Å²) in [6.45, 7) is 1.67. The Kier molecular flexibility index (Phi) is 1.90. The smallest absolute Gasteiger partial charge is 0.130 e. The minimum Gasteiger partial charge on any atom is -0.496 e. The van der Waals surface area contributed by atoms with Gasteiger partial charge in [0.05, 0.1) is 7.11 Å². The number of halogens is 1. The first kappa shape index (κ1) is 7.06. The number of benzene rings is 1. The zero-order valence-electron chi connectivity index (χ0n) is 5.94. The summed E-state index contributed by atoms with van der Waals surface area (Å²) in [5, 5.41) is 0. The van der Waals surface area contributed by atoms with Crippen LogP contribution in [0.3, 0.4) is 0 Å². The van der Waals surface area contributed by atoms with Crippen LogP contribution in [0.5, 0.6) is 5.75 Å². The van der Waals surface area contributed by atoms with Crippen molar-refractivity contribution in [1.29, 1.82) is 0 Å². The predicted molar refractivity (Wildman–Crippen MR) is 36.5 cm³/mol. The summed E-state index contributed by atoms with van der Waals surface area (Å²) in [5.41, 5.74) is 0.529. The van der Waals surface area contributed by atoms with E-state index in [4.69, 9.17) is 4.74 Å². The molecule has 1 nitrogen and oxygen atoms in total. The third-order valence-corrected chi connectivity index (χ3v) is 1.37. The summed E-state index contributed by atoms with van der Waals surface area (Å²) in [6, 6.07) is 5.52. The van der Waals surface area contributed by atoms with E-state index in [-0.39, 0.29) is 5.82 Å². The van der Waals surface area contributed by atoms with E-state index in [0.717, 1.165) is 0 Å². The Morgan fingerprint density at radius 1 is 1.50 bits per heavy atom. The fourth-order valence-corrected chi connectivity index (χ4v) is 0.737. The van der Waals surface area contributed by atoms with Crippen LogP contribution in [-0.2, 0) is 0 Å². The lowest BCUT2D eigenvalue weighted by molar-refractivity contribution is 0.407. The molecule has 0 spiro atoms. The minimum atomic E-state index is -0.278. The first-order chi connectivity index (χ1) is 4.75. The standard InChI is InChI=1S/C8H8FO/c1-6-7(9)4-3-5-8(6)10-2/h4-5H,1-2H3. The molecule has 0 aliphatic rings. The van der Waals surface area contributed by atoms with Gasteiger partial charge in [0.25, 0.3) is 0 Å². The Morgan fingerprint density at radius 2 is 2.20 bits per heavy atom. The highest BCUT2D eigenvalue weighted by Crippen LogP contribution is 2.18. The maximum Gasteiger partial charge on any atom is 0.130 e. The molecule has 1 radical (unpaired) electrons. The van der Waals surface area contributed by atoms with Gasteiger partial charge in [-0.25, -0.2) is 4.39 Å². The zero-order chi connectivity index (χ0) is 7.56. The third-order valence-electron chi connectivity index (χ3n) is 1.37. The Morgan fingerprint density at radius 3 is 2.70 bits per heavy atom. The molecule has 2 heteroatoms. The van der Waals surface area contributed by atoms with Crippen LogP contribution < -0.4 is 4.74 Å². The molecule has 0 saturated heterocycles. The van der Waals surface area contributed by atoms with Gasteiger partial charge in [-0.2, -0.15) is 0 Å². The molecule has 0 bridgehead atoms. The number of hydrogen-bond donors (Lipinski definition) is 0. The van der Waals surface area contributed by atoms with Gasteiger partial charge in [-0.15, -0.1) is 0 Å². The molecule has 0 saturated carbocycles. The number of ether oxygens (including phenoxy) is 1. The van der Waals surface area contributed by atoms with Gasteiger partial charge >= 0.3 is 0 Å². The van der Waals surface area contributed by atoms with Gasteiger partial charge in [-0.3, -0.25) is 0 Å². The topological polar surface area (TPSA) is 9.23 Å². The second kappa shape index (κ2) is 2.69. The molecule has 1 rings (SSSR count). The molecule has 0 aliphatic carbocycles. The Hall–Kier alpha value is -1.05. The third kappa shape index (κ3) is 1.10. The van der Waals surface area contributed by atoms with E-state index in [2.05, 4.69) is 6.07 Å². The van der Waals surface area contributed by atoms with Crippen LogP contribution in [-0.4, -0.2) is 7.11 Å². The van der Waals surface area contributed by atoms with Crippen LogP contribution in [0.2, 0.25) is 0 Å². The van der Waals surface area contributed by atoms with Crippen molar-refractivity contribution < 1.29 is 9.13 Å². The van der Waals surface area contributed by atoms with Crippen molar-refractivity contribution in [1.82, 2.24) is 0 Å². The van der Waals surface area contributed by atoms with Gasteiger partial charge < -0.3 is 4.74 Å². The van der Waals surface area contributed by atoms with Crippen molar-refractivity contribution in [2.75, 3.05) is 7.11 Å².